The van der Waals surface area contributed by atoms with Gasteiger partial charge >= 0.3 is 11.9 Å². The van der Waals surface area contributed by atoms with Gasteiger partial charge in [-0.15, -0.1) is 0 Å². The Bertz CT molecular complexity index is 340. The molecule has 0 saturated carbocycles. The summed E-state index contributed by atoms with van der Waals surface area (Å²) in [4.78, 5) is 22.4. The lowest BCUT2D eigenvalue weighted by atomic mass is 10.2. The average molecular weight is 244 g/mol. The minimum Gasteiger partial charge on any atom is -0.433 e. The van der Waals surface area contributed by atoms with Crippen LogP contribution in [-0.2, 0) is 19.1 Å². The number of carbonyl (C=O) groups excluding carboxylic acids is 2. The first-order valence-electron chi connectivity index (χ1n) is 4.89. The van der Waals surface area contributed by atoms with E-state index >= 15 is 0 Å². The second-order valence-electron chi connectivity index (χ2n) is 3.36. The third kappa shape index (κ3) is 6.49. The van der Waals surface area contributed by atoms with Crippen molar-refractivity contribution in [2.75, 3.05) is 0 Å². The summed E-state index contributed by atoms with van der Waals surface area (Å²) in [6.07, 6.45) is -1.34. The molecule has 6 nitrogen and oxygen atoms in total. The Morgan fingerprint density at radius 2 is 1.53 bits per heavy atom. The van der Waals surface area contributed by atoms with Gasteiger partial charge in [0.15, 0.2) is 12.6 Å². The monoisotopic (exact) mass is 244 g/mol. The van der Waals surface area contributed by atoms with Crippen LogP contribution in [-0.4, -0.2) is 34.7 Å². The van der Waals surface area contributed by atoms with Crippen LogP contribution < -0.4 is 0 Å². The van der Waals surface area contributed by atoms with Crippen molar-refractivity contribution in [2.24, 2.45) is 0 Å². The molecule has 0 aromatic carbocycles. The number of hydrogen-bond donors (Lipinski definition) is 2. The summed E-state index contributed by atoms with van der Waals surface area (Å²) < 4.78 is 8.92. The fraction of sp³-hybridized carbons (Fsp3) is 0.455. The van der Waals surface area contributed by atoms with E-state index < -0.39 is 24.5 Å². The van der Waals surface area contributed by atoms with Crippen LogP contribution in [0.1, 0.15) is 20.8 Å². The maximum atomic E-state index is 11.2. The van der Waals surface area contributed by atoms with Gasteiger partial charge in [0.1, 0.15) is 0 Å². The molecule has 0 spiro atoms. The topological polar surface area (TPSA) is 93.1 Å². The number of carbonyl (C=O) groups is 2. The van der Waals surface area contributed by atoms with Crippen LogP contribution in [0.25, 0.3) is 0 Å². The molecule has 0 bridgehead atoms. The van der Waals surface area contributed by atoms with Crippen molar-refractivity contribution in [2.45, 2.75) is 33.4 Å². The predicted octanol–water partition coefficient (Wildman–Crippen LogP) is 0.252. The number of ether oxygens (including phenoxy) is 2. The van der Waals surface area contributed by atoms with E-state index in [1.54, 1.807) is 0 Å². The second-order valence-corrected chi connectivity index (χ2v) is 3.36. The Labute approximate surface area is 99.1 Å². The molecule has 17 heavy (non-hydrogen) atoms. The van der Waals surface area contributed by atoms with Crippen molar-refractivity contribution in [1.29, 1.82) is 0 Å². The first kappa shape index (κ1) is 15.3. The van der Waals surface area contributed by atoms with Crippen LogP contribution in [0.5, 0.6) is 0 Å². The second kappa shape index (κ2) is 6.82. The van der Waals surface area contributed by atoms with E-state index in [0.717, 1.165) is 6.08 Å². The van der Waals surface area contributed by atoms with Gasteiger partial charge in [-0.2, -0.15) is 0 Å². The van der Waals surface area contributed by atoms with Crippen molar-refractivity contribution in [3.63, 3.8) is 0 Å². The van der Waals surface area contributed by atoms with Gasteiger partial charge in [-0.3, -0.25) is 0 Å². The van der Waals surface area contributed by atoms with Crippen molar-refractivity contribution in [1.82, 2.24) is 0 Å². The summed E-state index contributed by atoms with van der Waals surface area (Å²) in [7, 11) is 0. The molecule has 96 valence electrons. The molecular formula is C11H16O6. The Balaban J connectivity index is 4.52. The molecule has 0 rings (SSSR count). The van der Waals surface area contributed by atoms with Gasteiger partial charge in [0.2, 0.25) is 0 Å². The van der Waals surface area contributed by atoms with Gasteiger partial charge in [-0.25, -0.2) is 9.59 Å². The van der Waals surface area contributed by atoms with Crippen molar-refractivity contribution in [3.05, 3.63) is 23.8 Å². The third-order valence-corrected chi connectivity index (χ3v) is 1.53. The number of esters is 2. The number of aliphatic hydroxyl groups excluding tert-OH is 2. The van der Waals surface area contributed by atoms with Gasteiger partial charge in [0.25, 0.3) is 0 Å². The lowest BCUT2D eigenvalue weighted by Crippen LogP contribution is -2.17. The molecule has 0 aliphatic heterocycles. The fourth-order valence-electron chi connectivity index (χ4n) is 0.858. The number of hydrogen-bond acceptors (Lipinski definition) is 6. The summed E-state index contributed by atoms with van der Waals surface area (Å²) >= 11 is 0. The Morgan fingerprint density at radius 1 is 1.12 bits per heavy atom. The first-order valence-corrected chi connectivity index (χ1v) is 4.89. The highest BCUT2D eigenvalue weighted by Crippen LogP contribution is 2.06. The quantitative estimate of drug-likeness (QED) is 0.312. The summed E-state index contributed by atoms with van der Waals surface area (Å²) in [6, 6.07) is 0. The third-order valence-electron chi connectivity index (χ3n) is 1.53. The standard InChI is InChI=1S/C11H16O6/c1-6(10(14)16-8(3)12)5-7(2)11(15)17-9(4)13/h5,8-9,12-13H,1H2,2-4H3/b7-5+. The van der Waals surface area contributed by atoms with Gasteiger partial charge in [0, 0.05) is 5.57 Å². The largest absolute Gasteiger partial charge is 0.433 e. The highest BCUT2D eigenvalue weighted by atomic mass is 16.6. The Hall–Kier alpha value is -1.66. The van der Waals surface area contributed by atoms with Crippen LogP contribution in [0.4, 0.5) is 0 Å². The maximum Gasteiger partial charge on any atom is 0.339 e. The molecule has 0 aliphatic rings. The number of aliphatic hydroxyl groups is 2. The predicted molar refractivity (Wildman–Crippen MR) is 58.4 cm³/mol. The van der Waals surface area contributed by atoms with E-state index in [-0.39, 0.29) is 11.1 Å². The molecule has 2 atom stereocenters. The van der Waals surface area contributed by atoms with E-state index in [4.69, 9.17) is 10.2 Å². The zero-order chi connectivity index (χ0) is 13.6. The molecule has 0 fully saturated rings. The van der Waals surface area contributed by atoms with Crippen LogP contribution >= 0.6 is 0 Å². The first-order chi connectivity index (χ1) is 7.73. The SMILES string of the molecule is C=C(/C=C(\C)C(=O)OC(C)O)C(=O)OC(C)O. The van der Waals surface area contributed by atoms with Crippen LogP contribution in [0.15, 0.2) is 23.8 Å². The van der Waals surface area contributed by atoms with Crippen LogP contribution in [0.2, 0.25) is 0 Å². The molecule has 0 aromatic rings. The van der Waals surface area contributed by atoms with Crippen molar-refractivity contribution >= 4 is 11.9 Å². The van der Waals surface area contributed by atoms with Gasteiger partial charge in [0.05, 0.1) is 5.57 Å². The van der Waals surface area contributed by atoms with E-state index in [1.165, 1.54) is 20.8 Å². The van der Waals surface area contributed by atoms with Gasteiger partial charge in [-0.1, -0.05) is 6.58 Å². The zero-order valence-corrected chi connectivity index (χ0v) is 9.97. The fourth-order valence-corrected chi connectivity index (χ4v) is 0.858. The molecule has 2 N–H and O–H groups in total. The van der Waals surface area contributed by atoms with Crippen LogP contribution in [0, 0.1) is 0 Å². The normalized spacial score (nSPS) is 14.8. The molecule has 0 amide bonds. The summed E-state index contributed by atoms with van der Waals surface area (Å²) in [5.74, 6) is -1.62. The Kier molecular flexibility index (Phi) is 6.16. The smallest absolute Gasteiger partial charge is 0.339 e. The lowest BCUT2D eigenvalue weighted by Gasteiger charge is -2.08. The average Bonchev–Trinajstić information content (AvgIpc) is 2.15. The highest BCUT2D eigenvalue weighted by molar-refractivity contribution is 5.95. The minimum absolute atomic E-state index is 0.0819. The van der Waals surface area contributed by atoms with Crippen LogP contribution in [0.3, 0.4) is 0 Å². The van der Waals surface area contributed by atoms with Gasteiger partial charge < -0.3 is 19.7 Å². The van der Waals surface area contributed by atoms with Gasteiger partial charge in [-0.05, 0) is 26.8 Å². The molecule has 6 heteroatoms. The number of rotatable bonds is 5. The molecule has 0 aromatic heterocycles. The molecule has 0 heterocycles. The summed E-state index contributed by atoms with van der Waals surface area (Å²) in [5, 5.41) is 17.6. The molecule has 2 unspecified atom stereocenters. The van der Waals surface area contributed by atoms with E-state index in [1.807, 2.05) is 0 Å². The molecule has 0 radical (unpaired) electrons. The summed E-state index contributed by atoms with van der Waals surface area (Å²) in [6.45, 7) is 7.32. The minimum atomic E-state index is -1.25. The highest BCUT2D eigenvalue weighted by Gasteiger charge is 2.13. The molecular weight excluding hydrogens is 228 g/mol. The van der Waals surface area contributed by atoms with Crippen molar-refractivity contribution < 1.29 is 29.3 Å². The summed E-state index contributed by atoms with van der Waals surface area (Å²) in [5.41, 5.74) is -0.0237. The van der Waals surface area contributed by atoms with E-state index in [9.17, 15) is 9.59 Å². The zero-order valence-electron chi connectivity index (χ0n) is 9.97. The molecule has 0 aliphatic carbocycles. The maximum absolute atomic E-state index is 11.2. The lowest BCUT2D eigenvalue weighted by molar-refractivity contribution is -0.160. The Morgan fingerprint density at radius 3 is 1.94 bits per heavy atom. The molecule has 0 saturated heterocycles. The van der Waals surface area contributed by atoms with Crippen molar-refractivity contribution in [3.8, 4) is 0 Å². The van der Waals surface area contributed by atoms with E-state index in [2.05, 4.69) is 16.1 Å². The van der Waals surface area contributed by atoms with E-state index in [0.29, 0.717) is 0 Å².